The Balaban J connectivity index is 2.01. The smallest absolute Gasteiger partial charge is 0.224 e. The molecule has 0 bridgehead atoms. The molecule has 1 aromatic heterocycles. The van der Waals surface area contributed by atoms with Gasteiger partial charge in [-0.1, -0.05) is 12.1 Å². The number of carbonyl (C=O) groups is 1. The van der Waals surface area contributed by atoms with Crippen LogP contribution in [0.5, 0.6) is 5.75 Å². The lowest BCUT2D eigenvalue weighted by molar-refractivity contribution is -0.116. The standard InChI is InChI=1S/C23H29N5O3/c1-14-11-25-15(2)22(14)20-10-21(28(5)16(3)29)27-23(26-20)17-7-6-8-19(9-17)31-13-18(30)12-24-4/h6-10,18,24,30H,11-13H2,1-5H3. The number of aliphatic imine (C=N–C) groups is 1. The third kappa shape index (κ3) is 5.34. The Kier molecular flexibility index (Phi) is 7.14. The number of ether oxygens (including phenoxy) is 1. The van der Waals surface area contributed by atoms with E-state index in [-0.39, 0.29) is 12.5 Å². The number of hydrogen-bond acceptors (Lipinski definition) is 7. The summed E-state index contributed by atoms with van der Waals surface area (Å²) in [5.41, 5.74) is 4.54. The number of rotatable bonds is 8. The van der Waals surface area contributed by atoms with Gasteiger partial charge in [-0.05, 0) is 38.6 Å². The third-order valence-electron chi connectivity index (χ3n) is 5.10. The molecular formula is C23H29N5O3. The largest absolute Gasteiger partial charge is 0.491 e. The van der Waals surface area contributed by atoms with E-state index in [0.717, 1.165) is 28.1 Å². The number of carbonyl (C=O) groups excluding carboxylic acids is 1. The Morgan fingerprint density at radius 3 is 2.71 bits per heavy atom. The fourth-order valence-corrected chi connectivity index (χ4v) is 3.34. The maximum absolute atomic E-state index is 12.0. The average Bonchev–Trinajstić information content (AvgIpc) is 3.09. The molecule has 31 heavy (non-hydrogen) atoms. The molecule has 3 rings (SSSR count). The maximum Gasteiger partial charge on any atom is 0.224 e. The van der Waals surface area contributed by atoms with Crippen LogP contribution in [0.2, 0.25) is 0 Å². The number of aliphatic hydroxyl groups is 1. The molecule has 1 aliphatic rings. The van der Waals surface area contributed by atoms with Crippen molar-refractivity contribution in [1.29, 1.82) is 0 Å². The number of allylic oxidation sites excluding steroid dienone is 1. The quantitative estimate of drug-likeness (QED) is 0.676. The molecule has 2 heterocycles. The van der Waals surface area contributed by atoms with Gasteiger partial charge in [0.25, 0.3) is 0 Å². The Labute approximate surface area is 182 Å². The van der Waals surface area contributed by atoms with E-state index in [1.54, 1.807) is 14.1 Å². The van der Waals surface area contributed by atoms with Crippen molar-refractivity contribution in [3.8, 4) is 17.1 Å². The van der Waals surface area contributed by atoms with Gasteiger partial charge in [0.15, 0.2) is 5.82 Å². The number of aliphatic hydroxyl groups excluding tert-OH is 1. The molecular weight excluding hydrogens is 394 g/mol. The summed E-state index contributed by atoms with van der Waals surface area (Å²) in [5, 5.41) is 12.8. The van der Waals surface area contributed by atoms with Crippen molar-refractivity contribution in [2.24, 2.45) is 4.99 Å². The Morgan fingerprint density at radius 1 is 1.29 bits per heavy atom. The lowest BCUT2D eigenvalue weighted by Crippen LogP contribution is -2.29. The zero-order valence-electron chi connectivity index (χ0n) is 18.6. The van der Waals surface area contributed by atoms with Crippen molar-refractivity contribution in [3.63, 3.8) is 0 Å². The zero-order valence-corrected chi connectivity index (χ0v) is 18.6. The second-order valence-corrected chi connectivity index (χ2v) is 7.62. The van der Waals surface area contributed by atoms with Crippen molar-refractivity contribution in [1.82, 2.24) is 15.3 Å². The molecule has 2 aromatic rings. The van der Waals surface area contributed by atoms with Gasteiger partial charge in [-0.25, -0.2) is 9.97 Å². The van der Waals surface area contributed by atoms with E-state index in [1.165, 1.54) is 11.8 Å². The molecule has 8 nitrogen and oxygen atoms in total. The third-order valence-corrected chi connectivity index (χ3v) is 5.10. The summed E-state index contributed by atoms with van der Waals surface area (Å²) < 4.78 is 5.72. The van der Waals surface area contributed by atoms with Crippen LogP contribution in [0.15, 0.2) is 40.9 Å². The van der Waals surface area contributed by atoms with Crippen molar-refractivity contribution >= 4 is 23.0 Å². The van der Waals surface area contributed by atoms with Crippen LogP contribution in [0, 0.1) is 0 Å². The fraction of sp³-hybridized carbons (Fsp3) is 0.391. The Hall–Kier alpha value is -3.10. The minimum absolute atomic E-state index is 0.117. The van der Waals surface area contributed by atoms with Gasteiger partial charge < -0.3 is 20.1 Å². The molecule has 1 aromatic carbocycles. The molecule has 0 saturated heterocycles. The van der Waals surface area contributed by atoms with Gasteiger partial charge in [-0.15, -0.1) is 0 Å². The lowest BCUT2D eigenvalue weighted by atomic mass is 10.0. The van der Waals surface area contributed by atoms with Crippen molar-refractivity contribution < 1.29 is 14.6 Å². The summed E-state index contributed by atoms with van der Waals surface area (Å²) in [6, 6.07) is 9.22. The first-order valence-electron chi connectivity index (χ1n) is 10.2. The minimum Gasteiger partial charge on any atom is -0.491 e. The molecule has 0 fully saturated rings. The summed E-state index contributed by atoms with van der Waals surface area (Å²) >= 11 is 0. The number of nitrogens with one attached hydrogen (secondary N) is 1. The first-order chi connectivity index (χ1) is 14.8. The first-order valence-corrected chi connectivity index (χ1v) is 10.2. The van der Waals surface area contributed by atoms with Crippen LogP contribution in [0.4, 0.5) is 5.82 Å². The molecule has 164 valence electrons. The van der Waals surface area contributed by atoms with E-state index in [1.807, 2.05) is 44.2 Å². The number of anilines is 1. The van der Waals surface area contributed by atoms with Gasteiger partial charge in [0.1, 0.15) is 24.3 Å². The first kappa shape index (κ1) is 22.6. The summed E-state index contributed by atoms with van der Waals surface area (Å²) in [6.07, 6.45) is -0.608. The van der Waals surface area contributed by atoms with Crippen molar-refractivity contribution in [3.05, 3.63) is 41.6 Å². The summed E-state index contributed by atoms with van der Waals surface area (Å²) in [4.78, 5) is 27.4. The van der Waals surface area contributed by atoms with Crippen LogP contribution in [0.3, 0.4) is 0 Å². The topological polar surface area (TPSA) is 99.9 Å². The highest BCUT2D eigenvalue weighted by atomic mass is 16.5. The molecule has 1 atom stereocenters. The minimum atomic E-state index is -0.608. The number of aromatic nitrogens is 2. The van der Waals surface area contributed by atoms with Gasteiger partial charge >= 0.3 is 0 Å². The molecule has 1 unspecified atom stereocenters. The van der Waals surface area contributed by atoms with Gasteiger partial charge in [0.05, 0.1) is 12.2 Å². The number of nitrogens with zero attached hydrogens (tertiary/aromatic N) is 4. The van der Waals surface area contributed by atoms with E-state index in [4.69, 9.17) is 9.72 Å². The second-order valence-electron chi connectivity index (χ2n) is 7.62. The van der Waals surface area contributed by atoms with E-state index in [2.05, 4.69) is 15.3 Å². The molecule has 0 saturated carbocycles. The zero-order chi connectivity index (χ0) is 22.5. The molecule has 2 N–H and O–H groups in total. The summed E-state index contributed by atoms with van der Waals surface area (Å²) in [7, 11) is 3.47. The molecule has 0 aliphatic carbocycles. The van der Waals surface area contributed by atoms with Crippen LogP contribution >= 0.6 is 0 Å². The highest BCUT2D eigenvalue weighted by molar-refractivity contribution is 6.24. The highest BCUT2D eigenvalue weighted by Gasteiger charge is 2.20. The highest BCUT2D eigenvalue weighted by Crippen LogP contribution is 2.30. The van der Waals surface area contributed by atoms with Crippen molar-refractivity contribution in [2.45, 2.75) is 26.9 Å². The normalized spacial score (nSPS) is 14.5. The van der Waals surface area contributed by atoms with Gasteiger partial charge in [-0.3, -0.25) is 9.79 Å². The van der Waals surface area contributed by atoms with Crippen LogP contribution < -0.4 is 15.0 Å². The Morgan fingerprint density at radius 2 is 2.06 bits per heavy atom. The van der Waals surface area contributed by atoms with Crippen LogP contribution in [0.25, 0.3) is 17.0 Å². The number of likely N-dealkylation sites (N-methyl/N-ethyl adjacent to an activating group) is 1. The number of amides is 1. The van der Waals surface area contributed by atoms with E-state index in [9.17, 15) is 9.90 Å². The van der Waals surface area contributed by atoms with Crippen LogP contribution in [-0.4, -0.2) is 66.6 Å². The maximum atomic E-state index is 12.0. The molecule has 0 spiro atoms. The van der Waals surface area contributed by atoms with E-state index < -0.39 is 6.10 Å². The van der Waals surface area contributed by atoms with E-state index >= 15 is 0 Å². The lowest BCUT2D eigenvalue weighted by Gasteiger charge is -2.17. The molecule has 8 heteroatoms. The predicted octanol–water partition coefficient (Wildman–Crippen LogP) is 2.33. The number of hydrogen-bond donors (Lipinski definition) is 2. The molecule has 1 aliphatic heterocycles. The van der Waals surface area contributed by atoms with Gasteiger partial charge in [0.2, 0.25) is 5.91 Å². The Bertz CT molecular complexity index is 1030. The average molecular weight is 424 g/mol. The summed E-state index contributed by atoms with van der Waals surface area (Å²) in [6.45, 7) is 6.77. The van der Waals surface area contributed by atoms with Gasteiger partial charge in [0, 0.05) is 43.4 Å². The van der Waals surface area contributed by atoms with Crippen LogP contribution in [-0.2, 0) is 4.79 Å². The van der Waals surface area contributed by atoms with Crippen molar-refractivity contribution in [2.75, 3.05) is 38.7 Å². The second kappa shape index (κ2) is 9.80. The summed E-state index contributed by atoms with van der Waals surface area (Å²) in [5.74, 6) is 1.50. The monoisotopic (exact) mass is 423 g/mol. The van der Waals surface area contributed by atoms with Crippen LogP contribution in [0.1, 0.15) is 26.5 Å². The predicted molar refractivity (Wildman–Crippen MR) is 123 cm³/mol. The molecule has 1 amide bonds. The SMILES string of the molecule is CNCC(O)COc1cccc(-c2nc(C3=C(C)CN=C3C)cc(N(C)C(C)=O)n2)c1. The van der Waals surface area contributed by atoms with Gasteiger partial charge in [-0.2, -0.15) is 0 Å². The fourth-order valence-electron chi connectivity index (χ4n) is 3.34. The number of benzene rings is 1. The van der Waals surface area contributed by atoms with E-state index in [0.29, 0.717) is 30.5 Å². The molecule has 0 radical (unpaired) electrons.